The third kappa shape index (κ3) is 3.34. The minimum atomic E-state index is -0.440. The summed E-state index contributed by atoms with van der Waals surface area (Å²) in [7, 11) is 0. The van der Waals surface area contributed by atoms with Crippen LogP contribution >= 0.6 is 34.8 Å². The molecule has 0 saturated heterocycles. The lowest BCUT2D eigenvalue weighted by Crippen LogP contribution is -2.11. The van der Waals surface area contributed by atoms with Crippen LogP contribution in [0.5, 0.6) is 0 Å². The van der Waals surface area contributed by atoms with E-state index in [9.17, 15) is 4.79 Å². The Balaban J connectivity index is 1.86. The van der Waals surface area contributed by atoms with Gasteiger partial charge in [0.15, 0.2) is 10.9 Å². The van der Waals surface area contributed by atoms with Crippen molar-refractivity contribution in [2.45, 2.75) is 0 Å². The van der Waals surface area contributed by atoms with Crippen LogP contribution in [0.1, 0.15) is 10.6 Å². The number of hydrogen-bond donors (Lipinski definition) is 1. The van der Waals surface area contributed by atoms with E-state index in [4.69, 9.17) is 39.2 Å². The van der Waals surface area contributed by atoms with E-state index in [0.717, 1.165) is 0 Å². The highest BCUT2D eigenvalue weighted by Crippen LogP contribution is 2.34. The summed E-state index contributed by atoms with van der Waals surface area (Å²) < 4.78 is 5.56. The summed E-state index contributed by atoms with van der Waals surface area (Å²) in [6.07, 6.45) is 1.53. The van der Waals surface area contributed by atoms with Crippen molar-refractivity contribution in [2.75, 3.05) is 5.32 Å². The average molecular weight is 368 g/mol. The summed E-state index contributed by atoms with van der Waals surface area (Å²) in [5.74, 6) is 0.125. The second kappa shape index (κ2) is 6.62. The summed E-state index contributed by atoms with van der Waals surface area (Å²) in [4.78, 5) is 16.1. The lowest BCUT2D eigenvalue weighted by atomic mass is 10.2. The molecule has 2 heterocycles. The number of carbonyl (C=O) groups is 1. The van der Waals surface area contributed by atoms with Crippen molar-refractivity contribution in [3.63, 3.8) is 0 Å². The van der Waals surface area contributed by atoms with Crippen LogP contribution in [-0.2, 0) is 0 Å². The van der Waals surface area contributed by atoms with Gasteiger partial charge in [-0.1, -0.05) is 40.9 Å². The summed E-state index contributed by atoms with van der Waals surface area (Å²) in [6.45, 7) is 0. The molecule has 2 aromatic heterocycles. The van der Waals surface area contributed by atoms with Gasteiger partial charge in [-0.25, -0.2) is 4.98 Å². The van der Waals surface area contributed by atoms with Gasteiger partial charge in [0.25, 0.3) is 5.91 Å². The first-order valence-electron chi connectivity index (χ1n) is 6.52. The zero-order chi connectivity index (χ0) is 16.4. The first-order chi connectivity index (χ1) is 11.1. The summed E-state index contributed by atoms with van der Waals surface area (Å²) in [5, 5.41) is 3.61. The molecular weight excluding hydrogens is 359 g/mol. The number of furan rings is 1. The SMILES string of the molecule is O=C(Nc1cccnc1Cl)c1ccc(-c2cccc(Cl)c2Cl)o1. The van der Waals surface area contributed by atoms with Gasteiger partial charge < -0.3 is 9.73 Å². The van der Waals surface area contributed by atoms with Crippen molar-refractivity contribution in [1.29, 1.82) is 0 Å². The number of carbonyl (C=O) groups excluding carboxylic acids is 1. The number of rotatable bonds is 3. The fourth-order valence-electron chi connectivity index (χ4n) is 1.96. The van der Waals surface area contributed by atoms with Crippen LogP contribution in [0.4, 0.5) is 5.69 Å². The first-order valence-corrected chi connectivity index (χ1v) is 7.66. The van der Waals surface area contributed by atoms with Crippen molar-refractivity contribution in [3.8, 4) is 11.3 Å². The van der Waals surface area contributed by atoms with Gasteiger partial charge in [-0.15, -0.1) is 0 Å². The minimum absolute atomic E-state index is 0.121. The van der Waals surface area contributed by atoms with E-state index in [2.05, 4.69) is 10.3 Å². The Kier molecular flexibility index (Phi) is 4.57. The van der Waals surface area contributed by atoms with Crippen LogP contribution in [-0.4, -0.2) is 10.9 Å². The van der Waals surface area contributed by atoms with Gasteiger partial charge in [0, 0.05) is 11.8 Å². The summed E-state index contributed by atoms with van der Waals surface area (Å²) >= 11 is 18.0. The number of aromatic nitrogens is 1. The van der Waals surface area contributed by atoms with Gasteiger partial charge >= 0.3 is 0 Å². The van der Waals surface area contributed by atoms with Crippen LogP contribution in [0.3, 0.4) is 0 Å². The van der Waals surface area contributed by atoms with Crippen molar-refractivity contribution < 1.29 is 9.21 Å². The van der Waals surface area contributed by atoms with Crippen molar-refractivity contribution >= 4 is 46.4 Å². The Morgan fingerprint density at radius 3 is 2.65 bits per heavy atom. The third-order valence-electron chi connectivity index (χ3n) is 3.05. The molecule has 0 spiro atoms. The van der Waals surface area contributed by atoms with Crippen LogP contribution < -0.4 is 5.32 Å². The van der Waals surface area contributed by atoms with Crippen molar-refractivity contribution in [3.05, 3.63) is 69.6 Å². The molecule has 0 saturated carbocycles. The Bertz CT molecular complexity index is 877. The highest BCUT2D eigenvalue weighted by atomic mass is 35.5. The minimum Gasteiger partial charge on any atom is -0.451 e. The van der Waals surface area contributed by atoms with Gasteiger partial charge in [-0.05, 0) is 36.4 Å². The molecule has 7 heteroatoms. The maximum atomic E-state index is 12.2. The van der Waals surface area contributed by atoms with Gasteiger partial charge in [0.2, 0.25) is 0 Å². The zero-order valence-electron chi connectivity index (χ0n) is 11.5. The molecular formula is C16H9Cl3N2O2. The first kappa shape index (κ1) is 15.9. The van der Waals surface area contributed by atoms with Gasteiger partial charge in [-0.2, -0.15) is 0 Å². The van der Waals surface area contributed by atoms with Crippen molar-refractivity contribution in [1.82, 2.24) is 4.98 Å². The van der Waals surface area contributed by atoms with E-state index in [1.165, 1.54) is 6.20 Å². The third-order valence-corrected chi connectivity index (χ3v) is 4.17. The molecule has 0 aliphatic rings. The van der Waals surface area contributed by atoms with E-state index in [1.807, 2.05) is 0 Å². The van der Waals surface area contributed by atoms with E-state index < -0.39 is 5.91 Å². The molecule has 0 radical (unpaired) electrons. The fourth-order valence-corrected chi connectivity index (χ4v) is 2.52. The molecule has 1 amide bonds. The number of nitrogens with one attached hydrogen (secondary N) is 1. The molecule has 23 heavy (non-hydrogen) atoms. The number of anilines is 1. The highest BCUT2D eigenvalue weighted by molar-refractivity contribution is 6.43. The molecule has 0 aliphatic heterocycles. The lowest BCUT2D eigenvalue weighted by molar-refractivity contribution is 0.0997. The molecule has 1 aromatic carbocycles. The standard InChI is InChI=1S/C16H9Cl3N2O2/c17-10-4-1-3-9(14(10)18)12-6-7-13(23-12)16(22)21-11-5-2-8-20-15(11)19/h1-8H,(H,21,22). The average Bonchev–Trinajstić information content (AvgIpc) is 3.02. The number of nitrogens with zero attached hydrogens (tertiary/aromatic N) is 1. The number of benzene rings is 1. The Morgan fingerprint density at radius 1 is 1.04 bits per heavy atom. The van der Waals surface area contributed by atoms with Crippen LogP contribution in [0.2, 0.25) is 15.2 Å². The highest BCUT2D eigenvalue weighted by Gasteiger charge is 2.16. The molecule has 0 atom stereocenters. The quantitative estimate of drug-likeness (QED) is 0.617. The van der Waals surface area contributed by atoms with Gasteiger partial charge in [-0.3, -0.25) is 4.79 Å². The lowest BCUT2D eigenvalue weighted by Gasteiger charge is -2.04. The van der Waals surface area contributed by atoms with E-state index in [-0.39, 0.29) is 10.9 Å². The molecule has 3 rings (SSSR count). The number of halogens is 3. The summed E-state index contributed by atoms with van der Waals surface area (Å²) in [6, 6.07) is 11.7. The number of pyridine rings is 1. The van der Waals surface area contributed by atoms with Crippen LogP contribution in [0, 0.1) is 0 Å². The summed E-state index contributed by atoms with van der Waals surface area (Å²) in [5.41, 5.74) is 1.01. The Morgan fingerprint density at radius 2 is 1.87 bits per heavy atom. The second-order valence-electron chi connectivity index (χ2n) is 4.56. The molecule has 0 bridgehead atoms. The molecule has 3 aromatic rings. The van der Waals surface area contributed by atoms with Gasteiger partial charge in [0.1, 0.15) is 5.76 Å². The normalized spacial score (nSPS) is 10.6. The Labute approximate surface area is 147 Å². The maximum Gasteiger partial charge on any atom is 0.291 e. The van der Waals surface area contributed by atoms with E-state index in [0.29, 0.717) is 27.1 Å². The Hall–Kier alpha value is -2.01. The van der Waals surface area contributed by atoms with Gasteiger partial charge in [0.05, 0.1) is 15.7 Å². The predicted molar refractivity (Wildman–Crippen MR) is 91.4 cm³/mol. The molecule has 0 aliphatic carbocycles. The van der Waals surface area contributed by atoms with Crippen LogP contribution in [0.15, 0.2) is 53.1 Å². The smallest absolute Gasteiger partial charge is 0.291 e. The molecule has 0 unspecified atom stereocenters. The number of hydrogen-bond acceptors (Lipinski definition) is 3. The second-order valence-corrected chi connectivity index (χ2v) is 5.70. The fraction of sp³-hybridized carbons (Fsp3) is 0. The predicted octanol–water partition coefficient (Wildman–Crippen LogP) is 5.55. The van der Waals surface area contributed by atoms with E-state index >= 15 is 0 Å². The topological polar surface area (TPSA) is 55.1 Å². The molecule has 1 N–H and O–H groups in total. The van der Waals surface area contributed by atoms with Crippen molar-refractivity contribution in [2.24, 2.45) is 0 Å². The molecule has 116 valence electrons. The van der Waals surface area contributed by atoms with E-state index in [1.54, 1.807) is 42.5 Å². The van der Waals surface area contributed by atoms with Crippen LogP contribution in [0.25, 0.3) is 11.3 Å². The largest absolute Gasteiger partial charge is 0.451 e. The maximum absolute atomic E-state index is 12.2. The monoisotopic (exact) mass is 366 g/mol. The molecule has 4 nitrogen and oxygen atoms in total. The number of amides is 1. The zero-order valence-corrected chi connectivity index (χ0v) is 13.8. The molecule has 0 fully saturated rings.